The molecule has 108 valence electrons. The molecule has 20 heavy (non-hydrogen) atoms. The minimum atomic E-state index is 0.0202. The predicted molar refractivity (Wildman–Crippen MR) is 79.3 cm³/mol. The maximum Gasteiger partial charge on any atom is 0.318 e. The molecule has 2 heterocycles. The summed E-state index contributed by atoms with van der Waals surface area (Å²) in [6.07, 6.45) is 4.73. The number of rotatable bonds is 3. The Morgan fingerprint density at radius 2 is 1.55 bits per heavy atom. The fraction of sp³-hybridized carbons (Fsp3) is 0.562. The Labute approximate surface area is 120 Å². The van der Waals surface area contributed by atoms with Gasteiger partial charge in [0, 0.05) is 26.2 Å². The van der Waals surface area contributed by atoms with E-state index in [1.165, 1.54) is 18.4 Å². The van der Waals surface area contributed by atoms with Gasteiger partial charge in [-0.3, -0.25) is 4.90 Å². The van der Waals surface area contributed by atoms with Crippen LogP contribution in [0.3, 0.4) is 0 Å². The van der Waals surface area contributed by atoms with Gasteiger partial charge in [0.25, 0.3) is 0 Å². The third-order valence-electron chi connectivity index (χ3n) is 4.27. The van der Waals surface area contributed by atoms with Gasteiger partial charge in [-0.2, -0.15) is 0 Å². The molecule has 0 aliphatic carbocycles. The summed E-state index contributed by atoms with van der Waals surface area (Å²) in [5, 5.41) is 3.23. The van der Waals surface area contributed by atoms with E-state index in [-0.39, 0.29) is 12.2 Å². The second-order valence-electron chi connectivity index (χ2n) is 5.70. The molecule has 2 saturated heterocycles. The lowest BCUT2D eigenvalue weighted by atomic mass is 10.1. The van der Waals surface area contributed by atoms with E-state index in [2.05, 4.69) is 22.3 Å². The number of hydrogen-bond acceptors (Lipinski definition) is 2. The normalized spacial score (nSPS) is 21.1. The lowest BCUT2D eigenvalue weighted by Crippen LogP contribution is -2.45. The third kappa shape index (κ3) is 2.96. The van der Waals surface area contributed by atoms with E-state index >= 15 is 0 Å². The molecule has 0 saturated carbocycles. The molecule has 0 spiro atoms. The van der Waals surface area contributed by atoms with Crippen molar-refractivity contribution in [3.05, 3.63) is 35.9 Å². The minimum Gasteiger partial charge on any atom is -0.325 e. The molecule has 2 amide bonds. The number of hydrogen-bond donors (Lipinski definition) is 1. The number of benzene rings is 1. The molecule has 0 bridgehead atoms. The summed E-state index contributed by atoms with van der Waals surface area (Å²) in [4.78, 5) is 16.7. The third-order valence-corrected chi connectivity index (χ3v) is 4.27. The maximum absolute atomic E-state index is 12.4. The van der Waals surface area contributed by atoms with E-state index in [1.807, 2.05) is 23.1 Å². The number of nitrogens with one attached hydrogen (secondary N) is 1. The van der Waals surface area contributed by atoms with Crippen molar-refractivity contribution in [2.45, 2.75) is 31.8 Å². The molecule has 2 aliphatic rings. The quantitative estimate of drug-likeness (QED) is 0.919. The van der Waals surface area contributed by atoms with Crippen molar-refractivity contribution in [3.63, 3.8) is 0 Å². The van der Waals surface area contributed by atoms with Crippen molar-refractivity contribution < 1.29 is 4.79 Å². The van der Waals surface area contributed by atoms with Crippen LogP contribution in [0.4, 0.5) is 4.79 Å². The van der Waals surface area contributed by atoms with Gasteiger partial charge in [0.2, 0.25) is 0 Å². The molecule has 0 aromatic heterocycles. The van der Waals surface area contributed by atoms with E-state index in [0.717, 1.165) is 39.0 Å². The van der Waals surface area contributed by atoms with Gasteiger partial charge in [-0.15, -0.1) is 0 Å². The molecule has 2 aliphatic heterocycles. The smallest absolute Gasteiger partial charge is 0.318 e. The summed E-state index contributed by atoms with van der Waals surface area (Å²) in [6.45, 7) is 3.93. The van der Waals surface area contributed by atoms with Gasteiger partial charge < -0.3 is 10.2 Å². The van der Waals surface area contributed by atoms with E-state index in [4.69, 9.17) is 0 Å². The molecule has 1 unspecified atom stereocenters. The van der Waals surface area contributed by atoms with Gasteiger partial charge in [0.15, 0.2) is 0 Å². The van der Waals surface area contributed by atoms with E-state index in [9.17, 15) is 4.79 Å². The van der Waals surface area contributed by atoms with Crippen molar-refractivity contribution in [3.8, 4) is 0 Å². The lowest BCUT2D eigenvalue weighted by Gasteiger charge is -2.30. The standard InChI is InChI=1S/C16H23N3O/c20-16(19-12-6-7-13-19)17-15(18-10-4-5-11-18)14-8-2-1-3-9-14/h1-3,8-9,15H,4-7,10-13H2,(H,17,20). The van der Waals surface area contributed by atoms with Gasteiger partial charge >= 0.3 is 6.03 Å². The molecule has 1 atom stereocenters. The monoisotopic (exact) mass is 273 g/mol. The highest BCUT2D eigenvalue weighted by Gasteiger charge is 2.27. The Hall–Kier alpha value is -1.55. The molecular formula is C16H23N3O. The minimum absolute atomic E-state index is 0.0202. The predicted octanol–water partition coefficient (Wildman–Crippen LogP) is 2.59. The topological polar surface area (TPSA) is 35.6 Å². The molecular weight excluding hydrogens is 250 g/mol. The largest absolute Gasteiger partial charge is 0.325 e. The van der Waals surface area contributed by atoms with E-state index < -0.39 is 0 Å². The zero-order valence-electron chi connectivity index (χ0n) is 11.9. The van der Waals surface area contributed by atoms with Crippen LogP contribution in [-0.2, 0) is 0 Å². The molecule has 1 aromatic rings. The molecule has 4 nitrogen and oxygen atoms in total. The fourth-order valence-corrected chi connectivity index (χ4v) is 3.15. The highest BCUT2D eigenvalue weighted by Crippen LogP contribution is 2.23. The number of nitrogens with zero attached hydrogens (tertiary/aromatic N) is 2. The van der Waals surface area contributed by atoms with Crippen molar-refractivity contribution in [2.24, 2.45) is 0 Å². The molecule has 3 rings (SSSR count). The molecule has 2 fully saturated rings. The first-order valence-electron chi connectivity index (χ1n) is 7.69. The zero-order valence-corrected chi connectivity index (χ0v) is 11.9. The number of carbonyl (C=O) groups excluding carboxylic acids is 1. The zero-order chi connectivity index (χ0) is 13.8. The number of urea groups is 1. The highest BCUT2D eigenvalue weighted by atomic mass is 16.2. The average Bonchev–Trinajstić information content (AvgIpc) is 3.18. The first-order valence-corrected chi connectivity index (χ1v) is 7.69. The summed E-state index contributed by atoms with van der Waals surface area (Å²) in [7, 11) is 0. The Morgan fingerprint density at radius 1 is 0.950 bits per heavy atom. The van der Waals surface area contributed by atoms with Crippen LogP contribution in [0.25, 0.3) is 0 Å². The van der Waals surface area contributed by atoms with Crippen molar-refractivity contribution >= 4 is 6.03 Å². The SMILES string of the molecule is O=C(NC(c1ccccc1)N1CCCC1)N1CCCC1. The number of likely N-dealkylation sites (tertiary alicyclic amines) is 2. The Kier molecular flexibility index (Phi) is 4.21. The van der Waals surface area contributed by atoms with Gasteiger partial charge in [0.1, 0.15) is 6.17 Å². The average molecular weight is 273 g/mol. The van der Waals surface area contributed by atoms with Gasteiger partial charge in [-0.25, -0.2) is 4.79 Å². The summed E-state index contributed by atoms with van der Waals surface area (Å²) < 4.78 is 0. The summed E-state index contributed by atoms with van der Waals surface area (Å²) in [6, 6.07) is 10.4. The van der Waals surface area contributed by atoms with Crippen LogP contribution in [0.2, 0.25) is 0 Å². The highest BCUT2D eigenvalue weighted by molar-refractivity contribution is 5.75. The Balaban J connectivity index is 1.73. The van der Waals surface area contributed by atoms with Crippen molar-refractivity contribution in [2.75, 3.05) is 26.2 Å². The molecule has 4 heteroatoms. The number of amides is 2. The van der Waals surface area contributed by atoms with Crippen LogP contribution in [-0.4, -0.2) is 42.0 Å². The Morgan fingerprint density at radius 3 is 2.20 bits per heavy atom. The van der Waals surface area contributed by atoms with Gasteiger partial charge in [-0.1, -0.05) is 30.3 Å². The molecule has 1 aromatic carbocycles. The molecule has 1 N–H and O–H groups in total. The van der Waals surface area contributed by atoms with Crippen LogP contribution >= 0.6 is 0 Å². The lowest BCUT2D eigenvalue weighted by molar-refractivity contribution is 0.170. The fourth-order valence-electron chi connectivity index (χ4n) is 3.15. The van der Waals surface area contributed by atoms with E-state index in [1.54, 1.807) is 0 Å². The van der Waals surface area contributed by atoms with Crippen molar-refractivity contribution in [1.82, 2.24) is 15.1 Å². The maximum atomic E-state index is 12.4. The number of carbonyl (C=O) groups is 1. The first kappa shape index (κ1) is 13.4. The van der Waals surface area contributed by atoms with Gasteiger partial charge in [0.05, 0.1) is 0 Å². The van der Waals surface area contributed by atoms with Crippen LogP contribution in [0.5, 0.6) is 0 Å². The second-order valence-corrected chi connectivity index (χ2v) is 5.70. The summed E-state index contributed by atoms with van der Waals surface area (Å²) in [5.74, 6) is 0. The summed E-state index contributed by atoms with van der Waals surface area (Å²) in [5.41, 5.74) is 1.18. The second kappa shape index (κ2) is 6.27. The first-order chi connectivity index (χ1) is 9.84. The van der Waals surface area contributed by atoms with Crippen LogP contribution < -0.4 is 5.32 Å². The van der Waals surface area contributed by atoms with Crippen LogP contribution in [0.15, 0.2) is 30.3 Å². The molecule has 0 radical (unpaired) electrons. The van der Waals surface area contributed by atoms with E-state index in [0.29, 0.717) is 0 Å². The Bertz CT molecular complexity index is 436. The van der Waals surface area contributed by atoms with Crippen LogP contribution in [0.1, 0.15) is 37.4 Å². The van der Waals surface area contributed by atoms with Crippen LogP contribution in [0, 0.1) is 0 Å². The van der Waals surface area contributed by atoms with Gasteiger partial charge in [-0.05, 0) is 31.2 Å². The van der Waals surface area contributed by atoms with Crippen molar-refractivity contribution in [1.29, 1.82) is 0 Å². The summed E-state index contributed by atoms with van der Waals surface area (Å²) >= 11 is 0.